The molecule has 0 radical (unpaired) electrons. The molecule has 128 valence electrons. The first-order valence-electron chi connectivity index (χ1n) is 8.03. The molecule has 0 saturated heterocycles. The maximum absolute atomic E-state index is 11.9. The highest BCUT2D eigenvalue weighted by atomic mass is 32.2. The molecule has 0 aliphatic carbocycles. The molecule has 2 aromatic carbocycles. The van der Waals surface area contributed by atoms with E-state index in [1.54, 1.807) is 0 Å². The van der Waals surface area contributed by atoms with E-state index >= 15 is 0 Å². The standard InChI is InChI=1S/C19H24N2O2S/c1-14(2)24-18-11-9-17(10-12-18)15(3)20-19(22)21-23-13-16-7-5-4-6-8-16/h4-12,14-15H,13H2,1-3H3,(H2,20,21,22). The van der Waals surface area contributed by atoms with Gasteiger partial charge in [-0.2, -0.15) is 0 Å². The lowest BCUT2D eigenvalue weighted by molar-refractivity contribution is 0.0483. The van der Waals surface area contributed by atoms with Crippen LogP contribution in [0.1, 0.15) is 37.9 Å². The summed E-state index contributed by atoms with van der Waals surface area (Å²) in [6.45, 7) is 6.62. The van der Waals surface area contributed by atoms with E-state index < -0.39 is 0 Å². The van der Waals surface area contributed by atoms with E-state index in [0.717, 1.165) is 11.1 Å². The molecule has 2 rings (SSSR count). The van der Waals surface area contributed by atoms with Crippen LogP contribution >= 0.6 is 11.8 Å². The Kier molecular flexibility index (Phi) is 7.15. The maximum atomic E-state index is 11.9. The molecule has 24 heavy (non-hydrogen) atoms. The number of hydrogen-bond donors (Lipinski definition) is 2. The van der Waals surface area contributed by atoms with Crippen LogP contribution in [0.5, 0.6) is 0 Å². The lowest BCUT2D eigenvalue weighted by atomic mass is 10.1. The first-order chi connectivity index (χ1) is 11.5. The van der Waals surface area contributed by atoms with Crippen molar-refractivity contribution in [1.29, 1.82) is 0 Å². The Hall–Kier alpha value is -1.98. The van der Waals surface area contributed by atoms with Gasteiger partial charge in [-0.3, -0.25) is 4.84 Å². The van der Waals surface area contributed by atoms with Crippen LogP contribution in [0.2, 0.25) is 0 Å². The average Bonchev–Trinajstić information content (AvgIpc) is 2.56. The monoisotopic (exact) mass is 344 g/mol. The number of carbonyl (C=O) groups is 1. The average molecular weight is 344 g/mol. The summed E-state index contributed by atoms with van der Waals surface area (Å²) in [5.41, 5.74) is 4.48. The number of rotatable bonds is 7. The van der Waals surface area contributed by atoms with Crippen molar-refractivity contribution in [2.75, 3.05) is 0 Å². The first kappa shape index (κ1) is 18.4. The molecular formula is C19H24N2O2S. The molecule has 0 heterocycles. The SMILES string of the molecule is CC(C)Sc1ccc(C(C)NC(=O)NOCc2ccccc2)cc1. The summed E-state index contributed by atoms with van der Waals surface area (Å²) >= 11 is 1.82. The Bertz CT molecular complexity index is 630. The maximum Gasteiger partial charge on any atom is 0.339 e. The van der Waals surface area contributed by atoms with Crippen LogP contribution < -0.4 is 10.8 Å². The summed E-state index contributed by atoms with van der Waals surface area (Å²) in [5, 5.41) is 3.42. The van der Waals surface area contributed by atoms with Crippen molar-refractivity contribution < 1.29 is 9.63 Å². The topological polar surface area (TPSA) is 50.4 Å². The van der Waals surface area contributed by atoms with Gasteiger partial charge in [0.1, 0.15) is 0 Å². The van der Waals surface area contributed by atoms with Crippen LogP contribution in [0, 0.1) is 0 Å². The summed E-state index contributed by atoms with van der Waals surface area (Å²) in [6.07, 6.45) is 0. The highest BCUT2D eigenvalue weighted by Crippen LogP contribution is 2.24. The second-order valence-corrected chi connectivity index (χ2v) is 7.46. The molecule has 0 bridgehead atoms. The fraction of sp³-hybridized carbons (Fsp3) is 0.316. The van der Waals surface area contributed by atoms with Gasteiger partial charge in [-0.15, -0.1) is 11.8 Å². The minimum atomic E-state index is -0.348. The smallest absolute Gasteiger partial charge is 0.330 e. The second kappa shape index (κ2) is 9.35. The van der Waals surface area contributed by atoms with E-state index in [9.17, 15) is 4.79 Å². The molecule has 0 aliphatic heterocycles. The van der Waals surface area contributed by atoms with Gasteiger partial charge >= 0.3 is 6.03 Å². The molecule has 2 amide bonds. The number of amides is 2. The number of thioether (sulfide) groups is 1. The predicted molar refractivity (Wildman–Crippen MR) is 98.7 cm³/mol. The van der Waals surface area contributed by atoms with Crippen molar-refractivity contribution in [3.8, 4) is 0 Å². The van der Waals surface area contributed by atoms with Crippen LogP contribution in [0.4, 0.5) is 4.79 Å². The van der Waals surface area contributed by atoms with Gasteiger partial charge in [0.2, 0.25) is 0 Å². The van der Waals surface area contributed by atoms with E-state index in [1.165, 1.54) is 4.90 Å². The molecule has 0 fully saturated rings. The molecule has 1 unspecified atom stereocenters. The minimum Gasteiger partial charge on any atom is -0.330 e. The quantitative estimate of drug-likeness (QED) is 0.566. The van der Waals surface area contributed by atoms with Crippen molar-refractivity contribution >= 4 is 17.8 Å². The summed E-state index contributed by atoms with van der Waals surface area (Å²) in [6, 6.07) is 17.5. The summed E-state index contributed by atoms with van der Waals surface area (Å²) in [7, 11) is 0. The lowest BCUT2D eigenvalue weighted by Crippen LogP contribution is -2.36. The van der Waals surface area contributed by atoms with Crippen molar-refractivity contribution in [1.82, 2.24) is 10.8 Å². The van der Waals surface area contributed by atoms with Gasteiger partial charge in [0.15, 0.2) is 0 Å². The van der Waals surface area contributed by atoms with Crippen LogP contribution in [0.25, 0.3) is 0 Å². The van der Waals surface area contributed by atoms with Gasteiger partial charge in [-0.05, 0) is 30.2 Å². The number of hydroxylamine groups is 1. The number of urea groups is 1. The molecule has 5 heteroatoms. The second-order valence-electron chi connectivity index (χ2n) is 5.81. The van der Waals surface area contributed by atoms with Gasteiger partial charge in [0, 0.05) is 10.1 Å². The van der Waals surface area contributed by atoms with Crippen LogP contribution in [-0.4, -0.2) is 11.3 Å². The molecule has 4 nitrogen and oxygen atoms in total. The van der Waals surface area contributed by atoms with E-state index in [1.807, 2.05) is 61.2 Å². The fourth-order valence-electron chi connectivity index (χ4n) is 2.18. The molecule has 0 aromatic heterocycles. The zero-order valence-electron chi connectivity index (χ0n) is 14.3. The van der Waals surface area contributed by atoms with Gasteiger partial charge < -0.3 is 5.32 Å². The minimum absolute atomic E-state index is 0.0941. The molecule has 2 aromatic rings. The van der Waals surface area contributed by atoms with Crippen LogP contribution in [0.15, 0.2) is 59.5 Å². The molecular weight excluding hydrogens is 320 g/mol. The number of benzene rings is 2. The third kappa shape index (κ3) is 6.26. The van der Waals surface area contributed by atoms with E-state index in [-0.39, 0.29) is 12.1 Å². The Morgan fingerprint density at radius 1 is 1.04 bits per heavy atom. The first-order valence-corrected chi connectivity index (χ1v) is 8.91. The van der Waals surface area contributed by atoms with E-state index in [4.69, 9.17) is 4.84 Å². The molecule has 0 aliphatic rings. The Balaban J connectivity index is 1.76. The highest BCUT2D eigenvalue weighted by molar-refractivity contribution is 7.99. The molecule has 2 N–H and O–H groups in total. The lowest BCUT2D eigenvalue weighted by Gasteiger charge is -2.15. The highest BCUT2D eigenvalue weighted by Gasteiger charge is 2.09. The van der Waals surface area contributed by atoms with Crippen LogP contribution in [-0.2, 0) is 11.4 Å². The summed E-state index contributed by atoms with van der Waals surface area (Å²) in [4.78, 5) is 18.3. The Morgan fingerprint density at radius 3 is 2.33 bits per heavy atom. The molecule has 1 atom stereocenters. The largest absolute Gasteiger partial charge is 0.339 e. The molecule has 0 saturated carbocycles. The fourth-order valence-corrected chi connectivity index (χ4v) is 3.01. The van der Waals surface area contributed by atoms with E-state index in [2.05, 4.69) is 36.8 Å². The summed E-state index contributed by atoms with van der Waals surface area (Å²) < 4.78 is 0. The summed E-state index contributed by atoms with van der Waals surface area (Å²) in [5.74, 6) is 0. The van der Waals surface area contributed by atoms with Crippen LogP contribution in [0.3, 0.4) is 0 Å². The zero-order valence-corrected chi connectivity index (χ0v) is 15.1. The van der Waals surface area contributed by atoms with Crippen molar-refractivity contribution in [3.05, 3.63) is 65.7 Å². The Labute approximate surface area is 147 Å². The third-order valence-electron chi connectivity index (χ3n) is 3.35. The number of nitrogens with one attached hydrogen (secondary N) is 2. The third-order valence-corrected chi connectivity index (χ3v) is 4.36. The van der Waals surface area contributed by atoms with Crippen molar-refractivity contribution in [3.63, 3.8) is 0 Å². The van der Waals surface area contributed by atoms with Gasteiger partial charge in [0.25, 0.3) is 0 Å². The van der Waals surface area contributed by atoms with Gasteiger partial charge in [-0.25, -0.2) is 10.3 Å². The van der Waals surface area contributed by atoms with E-state index in [0.29, 0.717) is 11.9 Å². The van der Waals surface area contributed by atoms with Crippen molar-refractivity contribution in [2.24, 2.45) is 0 Å². The zero-order chi connectivity index (χ0) is 17.4. The number of hydrogen-bond acceptors (Lipinski definition) is 3. The Morgan fingerprint density at radius 2 is 1.71 bits per heavy atom. The predicted octanol–water partition coefficient (Wildman–Crippen LogP) is 4.68. The normalized spacial score (nSPS) is 12.0. The van der Waals surface area contributed by atoms with Crippen molar-refractivity contribution in [2.45, 2.75) is 43.6 Å². The van der Waals surface area contributed by atoms with Gasteiger partial charge in [-0.1, -0.05) is 56.3 Å². The molecule has 0 spiro atoms. The van der Waals surface area contributed by atoms with Gasteiger partial charge in [0.05, 0.1) is 12.6 Å². The number of carbonyl (C=O) groups excluding carboxylic acids is 1.